The van der Waals surface area contributed by atoms with Crippen molar-refractivity contribution in [3.8, 4) is 0 Å². The number of halogens is 1. The molecule has 0 aliphatic carbocycles. The molecule has 3 N–H and O–H groups in total. The van der Waals surface area contributed by atoms with E-state index < -0.39 is 0 Å². The van der Waals surface area contributed by atoms with Gasteiger partial charge in [-0.05, 0) is 12.5 Å². The molecular formula is C10H12ClN3O2. The van der Waals surface area contributed by atoms with Crippen LogP contribution in [0.5, 0.6) is 0 Å². The lowest BCUT2D eigenvalue weighted by Gasteiger charge is -2.10. The minimum absolute atomic E-state index is 0.0730. The van der Waals surface area contributed by atoms with Gasteiger partial charge in [-0.3, -0.25) is 4.79 Å². The second kappa shape index (κ2) is 4.67. The Morgan fingerprint density at radius 1 is 1.69 bits per heavy atom. The average Bonchev–Trinajstić information content (AvgIpc) is 2.74. The van der Waals surface area contributed by atoms with Crippen LogP contribution in [0.25, 0.3) is 0 Å². The molecule has 0 spiro atoms. The van der Waals surface area contributed by atoms with E-state index >= 15 is 0 Å². The molecule has 6 heteroatoms. The number of anilines is 1. The van der Waals surface area contributed by atoms with Crippen LogP contribution in [-0.2, 0) is 4.74 Å². The van der Waals surface area contributed by atoms with Gasteiger partial charge < -0.3 is 15.8 Å². The second-order valence-corrected chi connectivity index (χ2v) is 4.03. The van der Waals surface area contributed by atoms with Gasteiger partial charge in [0.1, 0.15) is 5.82 Å². The number of hydrogen-bond donors (Lipinski definition) is 2. The number of nitrogens with two attached hydrogens (primary N) is 1. The number of carbonyl (C=O) groups is 1. The highest BCUT2D eigenvalue weighted by molar-refractivity contribution is 6.33. The predicted molar refractivity (Wildman–Crippen MR) is 60.3 cm³/mol. The smallest absolute Gasteiger partial charge is 0.253 e. The largest absolute Gasteiger partial charge is 0.382 e. The van der Waals surface area contributed by atoms with Gasteiger partial charge in [0.25, 0.3) is 5.91 Å². The average molecular weight is 242 g/mol. The molecule has 0 radical (unpaired) electrons. The Morgan fingerprint density at radius 3 is 3.12 bits per heavy atom. The van der Waals surface area contributed by atoms with Gasteiger partial charge in [-0.2, -0.15) is 0 Å². The first-order valence-electron chi connectivity index (χ1n) is 4.96. The molecule has 1 saturated heterocycles. The summed E-state index contributed by atoms with van der Waals surface area (Å²) in [5, 5.41) is 3.13. The zero-order valence-electron chi connectivity index (χ0n) is 8.57. The van der Waals surface area contributed by atoms with Crippen LogP contribution in [0.4, 0.5) is 5.82 Å². The maximum Gasteiger partial charge on any atom is 0.253 e. The maximum atomic E-state index is 11.8. The standard InChI is InChI=1S/C10H12ClN3O2/c11-8-3-6(4-13-9(8)12)10(15)14-7-1-2-16-5-7/h3-4,7H,1-2,5H2,(H2,12,13)(H,14,15). The molecule has 5 nitrogen and oxygen atoms in total. The Balaban J connectivity index is 2.05. The lowest BCUT2D eigenvalue weighted by atomic mass is 10.2. The van der Waals surface area contributed by atoms with Crippen molar-refractivity contribution < 1.29 is 9.53 Å². The van der Waals surface area contributed by atoms with Crippen LogP contribution in [0.15, 0.2) is 12.3 Å². The Hall–Kier alpha value is -1.33. The number of ether oxygens (including phenoxy) is 1. The van der Waals surface area contributed by atoms with Gasteiger partial charge in [0.2, 0.25) is 0 Å². The van der Waals surface area contributed by atoms with Gasteiger partial charge in [-0.1, -0.05) is 11.6 Å². The minimum Gasteiger partial charge on any atom is -0.382 e. The summed E-state index contributed by atoms with van der Waals surface area (Å²) in [6.45, 7) is 1.24. The predicted octanol–water partition coefficient (Wildman–Crippen LogP) is 0.836. The Bertz CT molecular complexity index is 405. The van der Waals surface area contributed by atoms with Crippen LogP contribution >= 0.6 is 11.6 Å². The number of hydrogen-bond acceptors (Lipinski definition) is 4. The van der Waals surface area contributed by atoms with E-state index in [2.05, 4.69) is 10.3 Å². The first-order valence-corrected chi connectivity index (χ1v) is 5.34. The highest BCUT2D eigenvalue weighted by Gasteiger charge is 2.19. The number of pyridine rings is 1. The first-order chi connectivity index (χ1) is 7.66. The number of rotatable bonds is 2. The molecule has 86 valence electrons. The van der Waals surface area contributed by atoms with Gasteiger partial charge in [0.05, 0.1) is 23.2 Å². The van der Waals surface area contributed by atoms with Crippen LogP contribution in [0, 0.1) is 0 Å². The molecule has 0 aromatic carbocycles. The molecule has 0 saturated carbocycles. The van der Waals surface area contributed by atoms with Crippen molar-refractivity contribution in [3.05, 3.63) is 22.8 Å². The molecule has 1 aromatic rings. The zero-order chi connectivity index (χ0) is 11.5. The number of aromatic nitrogens is 1. The number of carbonyl (C=O) groups excluding carboxylic acids is 1. The van der Waals surface area contributed by atoms with Crippen LogP contribution in [0.3, 0.4) is 0 Å². The minimum atomic E-state index is -0.204. The molecule has 1 aliphatic rings. The van der Waals surface area contributed by atoms with E-state index in [4.69, 9.17) is 22.1 Å². The first kappa shape index (κ1) is 11.2. The normalized spacial score (nSPS) is 19.7. The molecule has 1 aromatic heterocycles. The van der Waals surface area contributed by atoms with Crippen molar-refractivity contribution in [2.45, 2.75) is 12.5 Å². The second-order valence-electron chi connectivity index (χ2n) is 3.63. The lowest BCUT2D eigenvalue weighted by molar-refractivity contribution is 0.0929. The van der Waals surface area contributed by atoms with Crippen LogP contribution in [-0.4, -0.2) is 30.1 Å². The van der Waals surface area contributed by atoms with Crippen molar-refractivity contribution in [3.63, 3.8) is 0 Å². The third kappa shape index (κ3) is 2.43. The molecule has 2 heterocycles. The molecule has 1 fully saturated rings. The SMILES string of the molecule is Nc1ncc(C(=O)NC2CCOC2)cc1Cl. The van der Waals surface area contributed by atoms with E-state index in [1.807, 2.05) is 0 Å². The highest BCUT2D eigenvalue weighted by Crippen LogP contribution is 2.17. The Morgan fingerprint density at radius 2 is 2.50 bits per heavy atom. The quantitative estimate of drug-likeness (QED) is 0.804. The fraction of sp³-hybridized carbons (Fsp3) is 0.400. The van der Waals surface area contributed by atoms with Crippen molar-refractivity contribution in [1.82, 2.24) is 10.3 Å². The van der Waals surface area contributed by atoms with E-state index in [1.54, 1.807) is 0 Å². The topological polar surface area (TPSA) is 77.2 Å². The fourth-order valence-corrected chi connectivity index (χ4v) is 1.66. The van der Waals surface area contributed by atoms with Gasteiger partial charge >= 0.3 is 0 Å². The maximum absolute atomic E-state index is 11.8. The van der Waals surface area contributed by atoms with Crippen molar-refractivity contribution in [1.29, 1.82) is 0 Å². The van der Waals surface area contributed by atoms with E-state index in [0.717, 1.165) is 6.42 Å². The molecule has 1 aliphatic heterocycles. The Kier molecular flexibility index (Phi) is 3.26. The Labute approximate surface area is 97.9 Å². The lowest BCUT2D eigenvalue weighted by Crippen LogP contribution is -2.35. The molecule has 0 bridgehead atoms. The van der Waals surface area contributed by atoms with Crippen LogP contribution < -0.4 is 11.1 Å². The fourth-order valence-electron chi connectivity index (χ4n) is 1.49. The van der Waals surface area contributed by atoms with E-state index in [-0.39, 0.29) is 22.8 Å². The van der Waals surface area contributed by atoms with Crippen molar-refractivity contribution in [2.24, 2.45) is 0 Å². The summed E-state index contributed by atoms with van der Waals surface area (Å²) in [5.74, 6) is 0.0207. The summed E-state index contributed by atoms with van der Waals surface area (Å²) in [5.41, 5.74) is 5.87. The van der Waals surface area contributed by atoms with Gasteiger partial charge in [-0.25, -0.2) is 4.98 Å². The van der Waals surface area contributed by atoms with Crippen LogP contribution in [0.2, 0.25) is 5.02 Å². The summed E-state index contributed by atoms with van der Waals surface area (Å²) >= 11 is 5.78. The molecule has 16 heavy (non-hydrogen) atoms. The number of nitrogens with zero attached hydrogens (tertiary/aromatic N) is 1. The van der Waals surface area contributed by atoms with Crippen molar-refractivity contribution >= 4 is 23.3 Å². The third-order valence-corrected chi connectivity index (χ3v) is 2.70. The monoisotopic (exact) mass is 241 g/mol. The summed E-state index contributed by atoms with van der Waals surface area (Å²) in [4.78, 5) is 15.6. The van der Waals surface area contributed by atoms with E-state index in [9.17, 15) is 4.79 Å². The van der Waals surface area contributed by atoms with Gasteiger partial charge in [-0.15, -0.1) is 0 Å². The number of nitrogen functional groups attached to an aromatic ring is 1. The number of nitrogens with one attached hydrogen (secondary N) is 1. The van der Waals surface area contributed by atoms with Crippen LogP contribution in [0.1, 0.15) is 16.8 Å². The summed E-state index contributed by atoms with van der Waals surface area (Å²) in [7, 11) is 0. The van der Waals surface area contributed by atoms with E-state index in [0.29, 0.717) is 18.8 Å². The summed E-state index contributed by atoms with van der Waals surface area (Å²) < 4.78 is 5.16. The third-order valence-electron chi connectivity index (χ3n) is 2.40. The molecule has 1 unspecified atom stereocenters. The number of amides is 1. The van der Waals surface area contributed by atoms with Crippen molar-refractivity contribution in [2.75, 3.05) is 18.9 Å². The molecular weight excluding hydrogens is 230 g/mol. The van der Waals surface area contributed by atoms with Gasteiger partial charge in [0, 0.05) is 12.8 Å². The molecule has 1 atom stereocenters. The molecule has 1 amide bonds. The summed E-state index contributed by atoms with van der Waals surface area (Å²) in [6.07, 6.45) is 2.24. The molecule has 2 rings (SSSR count). The highest BCUT2D eigenvalue weighted by atomic mass is 35.5. The zero-order valence-corrected chi connectivity index (χ0v) is 9.33. The van der Waals surface area contributed by atoms with Gasteiger partial charge in [0.15, 0.2) is 0 Å². The van der Waals surface area contributed by atoms with E-state index in [1.165, 1.54) is 12.3 Å². The summed E-state index contributed by atoms with van der Waals surface area (Å²) in [6, 6.07) is 1.58.